The number of anilines is 1. The van der Waals surface area contributed by atoms with Crippen molar-refractivity contribution >= 4 is 5.69 Å². The number of para-hydroxylation sites is 1. The number of ether oxygens (including phenoxy) is 1. The third-order valence-electron chi connectivity index (χ3n) is 7.04. The summed E-state index contributed by atoms with van der Waals surface area (Å²) in [5.41, 5.74) is 1.91. The normalized spacial score (nSPS) is 21.8. The van der Waals surface area contributed by atoms with Gasteiger partial charge < -0.3 is 19.3 Å². The van der Waals surface area contributed by atoms with E-state index in [2.05, 4.69) is 62.1 Å². The maximum absolute atomic E-state index is 11.3. The number of aromatic nitrogens is 2. The molecule has 0 radical (unpaired) electrons. The molecule has 5 rings (SSSR count). The van der Waals surface area contributed by atoms with E-state index in [9.17, 15) is 5.11 Å². The first-order valence-electron chi connectivity index (χ1n) is 12.2. The first-order chi connectivity index (χ1) is 16.6. The van der Waals surface area contributed by atoms with Crippen LogP contribution in [0.2, 0.25) is 0 Å². The summed E-state index contributed by atoms with van der Waals surface area (Å²) < 4.78 is 7.83. The summed E-state index contributed by atoms with van der Waals surface area (Å²) in [5.74, 6) is 1.75. The number of rotatable bonds is 8. The summed E-state index contributed by atoms with van der Waals surface area (Å²) in [4.78, 5) is 11.5. The van der Waals surface area contributed by atoms with Gasteiger partial charge >= 0.3 is 0 Å². The number of nitrogens with zero attached hydrogens (tertiary/aromatic N) is 5. The smallest absolute Gasteiger partial charge is 0.146 e. The minimum atomic E-state index is -0.625. The zero-order valence-corrected chi connectivity index (χ0v) is 20.0. The van der Waals surface area contributed by atoms with E-state index in [1.54, 1.807) is 6.20 Å². The third kappa shape index (κ3) is 5.60. The molecule has 2 saturated heterocycles. The average Bonchev–Trinajstić information content (AvgIpc) is 3.44. The van der Waals surface area contributed by atoms with Crippen LogP contribution < -0.4 is 9.64 Å². The lowest BCUT2D eigenvalue weighted by Gasteiger charge is -2.39. The third-order valence-corrected chi connectivity index (χ3v) is 7.04. The van der Waals surface area contributed by atoms with Crippen molar-refractivity contribution in [2.24, 2.45) is 7.05 Å². The van der Waals surface area contributed by atoms with Crippen molar-refractivity contribution in [1.29, 1.82) is 0 Å². The fraction of sp³-hybridized carbons (Fsp3) is 0.444. The second-order valence-electron chi connectivity index (χ2n) is 9.67. The van der Waals surface area contributed by atoms with Crippen molar-refractivity contribution in [3.8, 4) is 5.75 Å². The van der Waals surface area contributed by atoms with E-state index < -0.39 is 5.60 Å². The Bertz CT molecular complexity index is 1050. The Balaban J connectivity index is 1.07. The zero-order chi connectivity index (χ0) is 23.4. The van der Waals surface area contributed by atoms with E-state index in [0.717, 1.165) is 70.4 Å². The van der Waals surface area contributed by atoms with Gasteiger partial charge in [0.05, 0.1) is 5.60 Å². The largest absolute Gasteiger partial charge is 0.486 e. The number of likely N-dealkylation sites (tertiary alicyclic amines) is 1. The van der Waals surface area contributed by atoms with Crippen molar-refractivity contribution in [2.45, 2.75) is 25.2 Å². The number of piperazine rings is 1. The van der Waals surface area contributed by atoms with Gasteiger partial charge in [0.25, 0.3) is 0 Å². The molecule has 7 heteroatoms. The number of hydrogen-bond acceptors (Lipinski definition) is 6. The van der Waals surface area contributed by atoms with Gasteiger partial charge in [0.2, 0.25) is 0 Å². The van der Waals surface area contributed by atoms with Crippen LogP contribution in [0.3, 0.4) is 0 Å². The fourth-order valence-electron chi connectivity index (χ4n) is 5.06. The van der Waals surface area contributed by atoms with Gasteiger partial charge in [-0.1, -0.05) is 30.3 Å². The predicted octanol–water partition coefficient (Wildman–Crippen LogP) is 2.76. The van der Waals surface area contributed by atoms with Crippen LogP contribution in [-0.4, -0.2) is 75.9 Å². The molecule has 180 valence electrons. The molecule has 3 heterocycles. The molecule has 3 aromatic rings. The topological polar surface area (TPSA) is 57.0 Å². The molecule has 0 bridgehead atoms. The lowest BCUT2D eigenvalue weighted by atomic mass is 10.0. The number of β-amino-alcohol motifs (C(OH)–C–C–N with tert-alkyl or cyclic N) is 1. The van der Waals surface area contributed by atoms with E-state index in [0.29, 0.717) is 6.61 Å². The molecule has 34 heavy (non-hydrogen) atoms. The molecule has 0 amide bonds. The Kier molecular flexibility index (Phi) is 6.85. The minimum absolute atomic E-state index is 0.460. The van der Waals surface area contributed by atoms with E-state index in [1.807, 2.05) is 29.9 Å². The highest BCUT2D eigenvalue weighted by Crippen LogP contribution is 2.26. The molecule has 2 aliphatic rings. The second kappa shape index (κ2) is 10.2. The molecule has 1 aromatic heterocycles. The molecule has 0 aliphatic carbocycles. The molecule has 0 spiro atoms. The van der Waals surface area contributed by atoms with E-state index in [1.165, 1.54) is 11.3 Å². The van der Waals surface area contributed by atoms with Crippen LogP contribution in [-0.2, 0) is 20.2 Å². The van der Waals surface area contributed by atoms with Gasteiger partial charge in [-0.15, -0.1) is 0 Å². The van der Waals surface area contributed by atoms with Crippen molar-refractivity contribution in [2.75, 3.05) is 50.7 Å². The van der Waals surface area contributed by atoms with Crippen LogP contribution in [0.1, 0.15) is 17.8 Å². The average molecular weight is 462 g/mol. The van der Waals surface area contributed by atoms with E-state index >= 15 is 0 Å². The van der Waals surface area contributed by atoms with Crippen molar-refractivity contribution in [1.82, 2.24) is 19.4 Å². The van der Waals surface area contributed by atoms with Crippen molar-refractivity contribution in [3.63, 3.8) is 0 Å². The van der Waals surface area contributed by atoms with Gasteiger partial charge in [0.15, 0.2) is 0 Å². The first-order valence-corrected chi connectivity index (χ1v) is 12.2. The van der Waals surface area contributed by atoms with Crippen LogP contribution in [0.5, 0.6) is 5.75 Å². The fourth-order valence-corrected chi connectivity index (χ4v) is 5.06. The maximum Gasteiger partial charge on any atom is 0.146 e. The van der Waals surface area contributed by atoms with Gasteiger partial charge in [-0.3, -0.25) is 9.80 Å². The monoisotopic (exact) mass is 461 g/mol. The molecular weight excluding hydrogens is 426 g/mol. The molecular formula is C27H35N5O2. The molecule has 7 nitrogen and oxygen atoms in total. The highest BCUT2D eigenvalue weighted by molar-refractivity contribution is 5.46. The van der Waals surface area contributed by atoms with Gasteiger partial charge in [0.1, 0.15) is 18.2 Å². The molecule has 1 N–H and O–H groups in total. The summed E-state index contributed by atoms with van der Waals surface area (Å²) in [6.45, 7) is 7.74. The maximum atomic E-state index is 11.3. The first kappa shape index (κ1) is 22.9. The second-order valence-corrected chi connectivity index (χ2v) is 9.67. The Morgan fingerprint density at radius 2 is 1.71 bits per heavy atom. The van der Waals surface area contributed by atoms with Gasteiger partial charge in [-0.25, -0.2) is 4.98 Å². The highest BCUT2D eigenvalue weighted by Gasteiger charge is 2.38. The van der Waals surface area contributed by atoms with Crippen molar-refractivity contribution in [3.05, 3.63) is 78.4 Å². The predicted molar refractivity (Wildman–Crippen MR) is 134 cm³/mol. The molecule has 1 atom stereocenters. The van der Waals surface area contributed by atoms with Crippen LogP contribution in [0, 0.1) is 0 Å². The minimum Gasteiger partial charge on any atom is -0.486 e. The van der Waals surface area contributed by atoms with E-state index in [4.69, 9.17) is 4.74 Å². The SMILES string of the molecule is Cn1ccnc1COc1ccc(CN2CC[C@@](O)(CN3CCN(c4ccccc4)CC3)C2)cc1. The Morgan fingerprint density at radius 3 is 2.41 bits per heavy atom. The number of aliphatic hydroxyl groups is 1. The van der Waals surface area contributed by atoms with Gasteiger partial charge in [0, 0.05) is 77.5 Å². The molecule has 0 unspecified atom stereocenters. The highest BCUT2D eigenvalue weighted by atomic mass is 16.5. The van der Waals surface area contributed by atoms with Crippen LogP contribution in [0.15, 0.2) is 67.0 Å². The van der Waals surface area contributed by atoms with Gasteiger partial charge in [-0.05, 0) is 36.2 Å². The number of benzene rings is 2. The standard InChI is InChI=1S/C27H35N5O2/c1-29-14-12-28-26(29)20-34-25-9-7-23(8-10-25)19-31-13-11-27(33,22-31)21-30-15-17-32(18-16-30)24-5-3-2-4-6-24/h2-10,12,14,33H,11,13,15-22H2,1H3/t27-/m1/s1. The molecule has 2 aliphatic heterocycles. The van der Waals surface area contributed by atoms with Crippen LogP contribution in [0.4, 0.5) is 5.69 Å². The Labute approximate surface area is 202 Å². The molecule has 2 fully saturated rings. The Hall–Kier alpha value is -2.87. The van der Waals surface area contributed by atoms with Crippen LogP contribution in [0.25, 0.3) is 0 Å². The van der Waals surface area contributed by atoms with Crippen LogP contribution >= 0.6 is 0 Å². The van der Waals surface area contributed by atoms with Gasteiger partial charge in [-0.2, -0.15) is 0 Å². The zero-order valence-electron chi connectivity index (χ0n) is 20.0. The summed E-state index contributed by atoms with van der Waals surface area (Å²) >= 11 is 0. The quantitative estimate of drug-likeness (QED) is 0.557. The van der Waals surface area contributed by atoms with E-state index in [-0.39, 0.29) is 0 Å². The summed E-state index contributed by atoms with van der Waals surface area (Å²) in [6, 6.07) is 18.9. The summed E-state index contributed by atoms with van der Waals surface area (Å²) in [5, 5.41) is 11.3. The molecule has 0 saturated carbocycles. The summed E-state index contributed by atoms with van der Waals surface area (Å²) in [6.07, 6.45) is 4.53. The molecule has 2 aromatic carbocycles. The number of aryl methyl sites for hydroxylation is 1. The number of hydrogen-bond donors (Lipinski definition) is 1. The van der Waals surface area contributed by atoms with Crippen molar-refractivity contribution < 1.29 is 9.84 Å². The number of imidazole rings is 1. The lowest BCUT2D eigenvalue weighted by molar-refractivity contribution is 0.00978. The summed E-state index contributed by atoms with van der Waals surface area (Å²) in [7, 11) is 1.97. The lowest BCUT2D eigenvalue weighted by Crippen LogP contribution is -2.52. The Morgan fingerprint density at radius 1 is 0.941 bits per heavy atom.